The first-order chi connectivity index (χ1) is 12.5. The van der Waals surface area contributed by atoms with Gasteiger partial charge in [0.25, 0.3) is 5.91 Å². The summed E-state index contributed by atoms with van der Waals surface area (Å²) in [6.07, 6.45) is 1.11. The maximum Gasteiger partial charge on any atom is 0.262 e. The highest BCUT2D eigenvalue weighted by Crippen LogP contribution is 2.14. The van der Waals surface area contributed by atoms with Crippen molar-refractivity contribution in [3.05, 3.63) is 59.7 Å². The molecule has 0 bridgehead atoms. The highest BCUT2D eigenvalue weighted by Gasteiger charge is 2.04. The Kier molecular flexibility index (Phi) is 8.12. The molecule has 140 valence electrons. The van der Waals surface area contributed by atoms with Crippen molar-refractivity contribution in [2.24, 2.45) is 0 Å². The van der Waals surface area contributed by atoms with Crippen LogP contribution in [0.25, 0.3) is 0 Å². The van der Waals surface area contributed by atoms with Gasteiger partial charge in [-0.1, -0.05) is 29.8 Å². The van der Waals surface area contributed by atoms with Gasteiger partial charge in [0.05, 0.1) is 0 Å². The normalized spacial score (nSPS) is 10.8. The van der Waals surface area contributed by atoms with Crippen molar-refractivity contribution in [1.82, 2.24) is 10.2 Å². The standard InChI is InChI=1S/C21H29N3O2/c1-17-8-10-19(11-9-17)23-21(25)16-26-20-7-4-6-18(14-20)15-22-12-5-13-24(2)3/h4,6-11,14,22H,5,12-13,15-16H2,1-3H3,(H,23,25). The molecule has 2 rings (SSSR count). The third-order valence-electron chi connectivity index (χ3n) is 3.89. The highest BCUT2D eigenvalue weighted by molar-refractivity contribution is 5.91. The summed E-state index contributed by atoms with van der Waals surface area (Å²) in [5.74, 6) is 0.540. The van der Waals surface area contributed by atoms with E-state index in [0.29, 0.717) is 5.75 Å². The number of aryl methyl sites for hydroxylation is 1. The molecule has 5 heteroatoms. The van der Waals surface area contributed by atoms with Crippen LogP contribution in [0, 0.1) is 6.92 Å². The van der Waals surface area contributed by atoms with Gasteiger partial charge >= 0.3 is 0 Å². The Hall–Kier alpha value is -2.37. The predicted molar refractivity (Wildman–Crippen MR) is 107 cm³/mol. The number of anilines is 1. The van der Waals surface area contributed by atoms with Crippen molar-refractivity contribution < 1.29 is 9.53 Å². The summed E-state index contributed by atoms with van der Waals surface area (Å²) in [4.78, 5) is 14.2. The van der Waals surface area contributed by atoms with E-state index >= 15 is 0 Å². The van der Waals surface area contributed by atoms with Crippen LogP contribution < -0.4 is 15.4 Å². The number of ether oxygens (including phenoxy) is 1. The molecule has 0 radical (unpaired) electrons. The van der Waals surface area contributed by atoms with Gasteiger partial charge in [0.2, 0.25) is 0 Å². The van der Waals surface area contributed by atoms with Crippen molar-refractivity contribution in [2.45, 2.75) is 19.9 Å². The average Bonchev–Trinajstić information content (AvgIpc) is 2.62. The van der Waals surface area contributed by atoms with Crippen LogP contribution in [0.3, 0.4) is 0 Å². The molecule has 0 aliphatic heterocycles. The van der Waals surface area contributed by atoms with Crippen LogP contribution in [0.2, 0.25) is 0 Å². The summed E-state index contributed by atoms with van der Waals surface area (Å²) in [5, 5.41) is 6.26. The molecular weight excluding hydrogens is 326 g/mol. The van der Waals surface area contributed by atoms with Crippen LogP contribution in [0.15, 0.2) is 48.5 Å². The zero-order chi connectivity index (χ0) is 18.8. The molecule has 2 aromatic carbocycles. The van der Waals surface area contributed by atoms with Gasteiger partial charge in [0.15, 0.2) is 6.61 Å². The summed E-state index contributed by atoms with van der Waals surface area (Å²) >= 11 is 0. The number of nitrogens with zero attached hydrogens (tertiary/aromatic N) is 1. The minimum absolute atomic E-state index is 0.00636. The second-order valence-electron chi connectivity index (χ2n) is 6.68. The van der Waals surface area contributed by atoms with Crippen molar-refractivity contribution in [3.63, 3.8) is 0 Å². The van der Waals surface area contributed by atoms with E-state index < -0.39 is 0 Å². The van der Waals surface area contributed by atoms with Crippen molar-refractivity contribution >= 4 is 11.6 Å². The van der Waals surface area contributed by atoms with Crippen LogP contribution in [0.4, 0.5) is 5.69 Å². The molecule has 5 nitrogen and oxygen atoms in total. The van der Waals surface area contributed by atoms with Crippen LogP contribution in [0.1, 0.15) is 17.5 Å². The number of nitrogens with one attached hydrogen (secondary N) is 2. The molecule has 0 heterocycles. The zero-order valence-electron chi connectivity index (χ0n) is 15.9. The number of hydrogen-bond acceptors (Lipinski definition) is 4. The number of amides is 1. The van der Waals surface area contributed by atoms with E-state index in [9.17, 15) is 4.79 Å². The van der Waals surface area contributed by atoms with E-state index in [0.717, 1.165) is 42.9 Å². The number of carbonyl (C=O) groups is 1. The lowest BCUT2D eigenvalue weighted by atomic mass is 10.2. The topological polar surface area (TPSA) is 53.6 Å². The number of hydrogen-bond donors (Lipinski definition) is 2. The first-order valence-electron chi connectivity index (χ1n) is 8.96. The minimum Gasteiger partial charge on any atom is -0.484 e. The third kappa shape index (κ3) is 7.68. The Morgan fingerprint density at radius 2 is 1.88 bits per heavy atom. The van der Waals surface area contributed by atoms with Crippen molar-refractivity contribution in [3.8, 4) is 5.75 Å². The zero-order valence-corrected chi connectivity index (χ0v) is 15.9. The minimum atomic E-state index is -0.166. The van der Waals surface area contributed by atoms with E-state index in [1.807, 2.05) is 49.4 Å². The molecule has 2 N–H and O–H groups in total. The fourth-order valence-electron chi connectivity index (χ4n) is 2.48. The lowest BCUT2D eigenvalue weighted by Crippen LogP contribution is -2.21. The Labute approximate surface area is 156 Å². The highest BCUT2D eigenvalue weighted by atomic mass is 16.5. The molecule has 0 aromatic heterocycles. The van der Waals surface area contributed by atoms with Gasteiger partial charge in [-0.25, -0.2) is 0 Å². The predicted octanol–water partition coefficient (Wildman–Crippen LogP) is 3.05. The van der Waals surface area contributed by atoms with Gasteiger partial charge < -0.3 is 20.3 Å². The summed E-state index contributed by atoms with van der Waals surface area (Å²) in [7, 11) is 4.16. The molecule has 0 saturated carbocycles. The van der Waals surface area contributed by atoms with Crippen LogP contribution in [-0.4, -0.2) is 44.6 Å². The Balaban J connectivity index is 1.73. The van der Waals surface area contributed by atoms with Crippen LogP contribution in [-0.2, 0) is 11.3 Å². The summed E-state index contributed by atoms with van der Waals surface area (Å²) in [6, 6.07) is 15.5. The fourth-order valence-corrected chi connectivity index (χ4v) is 2.48. The van der Waals surface area contributed by atoms with Crippen LogP contribution in [0.5, 0.6) is 5.75 Å². The lowest BCUT2D eigenvalue weighted by Gasteiger charge is -2.11. The Bertz CT molecular complexity index is 684. The summed E-state index contributed by atoms with van der Waals surface area (Å²) in [5.41, 5.74) is 3.08. The molecule has 26 heavy (non-hydrogen) atoms. The first kappa shape index (κ1) is 19.9. The average molecular weight is 355 g/mol. The molecule has 0 aliphatic rings. The molecular formula is C21H29N3O2. The van der Waals surface area contributed by atoms with E-state index in [1.165, 1.54) is 0 Å². The Morgan fingerprint density at radius 3 is 2.62 bits per heavy atom. The molecule has 0 atom stereocenters. The Morgan fingerprint density at radius 1 is 1.12 bits per heavy atom. The van der Waals surface area contributed by atoms with Gasteiger partial charge in [0.1, 0.15) is 5.75 Å². The maximum atomic E-state index is 12.0. The van der Waals surface area contributed by atoms with Crippen molar-refractivity contribution in [1.29, 1.82) is 0 Å². The van der Waals surface area contributed by atoms with E-state index in [1.54, 1.807) is 0 Å². The van der Waals surface area contributed by atoms with Gasteiger partial charge in [0, 0.05) is 12.2 Å². The van der Waals surface area contributed by atoms with E-state index in [2.05, 4.69) is 35.7 Å². The largest absolute Gasteiger partial charge is 0.484 e. The summed E-state index contributed by atoms with van der Waals surface area (Å²) in [6.45, 7) is 4.85. The summed E-state index contributed by atoms with van der Waals surface area (Å²) < 4.78 is 5.62. The van der Waals surface area contributed by atoms with Crippen LogP contribution >= 0.6 is 0 Å². The monoisotopic (exact) mass is 355 g/mol. The SMILES string of the molecule is Cc1ccc(NC(=O)COc2cccc(CNCCCN(C)C)c2)cc1. The quantitative estimate of drug-likeness (QED) is 0.643. The number of rotatable bonds is 10. The number of carbonyl (C=O) groups excluding carboxylic acids is 1. The number of benzene rings is 2. The molecule has 1 amide bonds. The van der Waals surface area contributed by atoms with E-state index in [-0.39, 0.29) is 12.5 Å². The molecule has 0 spiro atoms. The molecule has 0 fully saturated rings. The molecule has 0 aliphatic carbocycles. The molecule has 0 unspecified atom stereocenters. The van der Waals surface area contributed by atoms with Crippen molar-refractivity contribution in [2.75, 3.05) is 39.1 Å². The second kappa shape index (κ2) is 10.6. The third-order valence-corrected chi connectivity index (χ3v) is 3.89. The molecule has 2 aromatic rings. The second-order valence-corrected chi connectivity index (χ2v) is 6.68. The van der Waals surface area contributed by atoms with E-state index in [4.69, 9.17) is 4.74 Å². The fraction of sp³-hybridized carbons (Fsp3) is 0.381. The van der Waals surface area contributed by atoms with Gasteiger partial charge in [-0.15, -0.1) is 0 Å². The maximum absolute atomic E-state index is 12.0. The lowest BCUT2D eigenvalue weighted by molar-refractivity contribution is -0.118. The van der Waals surface area contributed by atoms with Gasteiger partial charge in [-0.05, 0) is 70.4 Å². The van der Waals surface area contributed by atoms with Gasteiger partial charge in [-0.2, -0.15) is 0 Å². The smallest absolute Gasteiger partial charge is 0.262 e. The first-order valence-corrected chi connectivity index (χ1v) is 8.96. The van der Waals surface area contributed by atoms with Gasteiger partial charge in [-0.3, -0.25) is 4.79 Å². The molecule has 0 saturated heterocycles.